The Morgan fingerprint density at radius 2 is 1.50 bits per heavy atom. The van der Waals surface area contributed by atoms with Crippen molar-refractivity contribution < 1.29 is 23.9 Å². The lowest BCUT2D eigenvalue weighted by Crippen LogP contribution is -2.50. The molecule has 0 atom stereocenters. The molecule has 148 valence electrons. The second-order valence-corrected chi connectivity index (χ2v) is 6.74. The molecule has 7 nitrogen and oxygen atoms in total. The molecule has 1 fully saturated rings. The fourth-order valence-corrected chi connectivity index (χ4v) is 3.31. The lowest BCUT2D eigenvalue weighted by atomic mass is 10.1. The van der Waals surface area contributed by atoms with E-state index in [4.69, 9.17) is 4.42 Å². The minimum absolute atomic E-state index is 0.0233. The molecule has 0 saturated carbocycles. The monoisotopic (exact) mass is 384 g/mol. The molecular weight excluding hydrogens is 360 g/mol. The highest BCUT2D eigenvalue weighted by Crippen LogP contribution is 2.19. The molecule has 2 amide bonds. The predicted octanol–water partition coefficient (Wildman–Crippen LogP) is 2.70. The quantitative estimate of drug-likeness (QED) is 0.856. The highest BCUT2D eigenvalue weighted by molar-refractivity contribution is 5.97. The Morgan fingerprint density at radius 3 is 1.96 bits per heavy atom. The molecule has 1 saturated heterocycles. The Hall–Kier alpha value is -3.09. The van der Waals surface area contributed by atoms with Crippen LogP contribution in [-0.4, -0.2) is 58.9 Å². The van der Waals surface area contributed by atoms with E-state index in [2.05, 4.69) is 6.92 Å². The van der Waals surface area contributed by atoms with Gasteiger partial charge in [0.15, 0.2) is 5.76 Å². The molecule has 1 aromatic heterocycles. The summed E-state index contributed by atoms with van der Waals surface area (Å²) in [7, 11) is 0. The van der Waals surface area contributed by atoms with Crippen LogP contribution in [0.25, 0.3) is 0 Å². The fourth-order valence-electron chi connectivity index (χ4n) is 3.31. The largest absolute Gasteiger partial charge is 0.478 e. The van der Waals surface area contributed by atoms with E-state index in [9.17, 15) is 19.5 Å². The number of aryl methyl sites for hydroxylation is 2. The molecule has 0 aliphatic carbocycles. The van der Waals surface area contributed by atoms with E-state index < -0.39 is 5.97 Å². The van der Waals surface area contributed by atoms with Crippen LogP contribution in [0.5, 0.6) is 0 Å². The normalized spacial score (nSPS) is 14.2. The van der Waals surface area contributed by atoms with Crippen molar-refractivity contribution in [1.82, 2.24) is 9.80 Å². The van der Waals surface area contributed by atoms with Gasteiger partial charge in [0, 0.05) is 44.2 Å². The van der Waals surface area contributed by atoms with Gasteiger partial charge < -0.3 is 19.3 Å². The van der Waals surface area contributed by atoms with Crippen LogP contribution in [0.15, 0.2) is 34.7 Å². The van der Waals surface area contributed by atoms with Gasteiger partial charge in [-0.05, 0) is 24.1 Å². The Bertz CT molecular complexity index is 877. The summed E-state index contributed by atoms with van der Waals surface area (Å²) in [6.45, 7) is 5.44. The van der Waals surface area contributed by atoms with Gasteiger partial charge in [-0.15, -0.1) is 0 Å². The Morgan fingerprint density at radius 1 is 0.929 bits per heavy atom. The SMILES string of the molecule is CCc1ccc(C(=O)N2CCN(C(=O)c3cc(C(=O)O)c(CC)o3)CC2)cc1. The van der Waals surface area contributed by atoms with Gasteiger partial charge in [-0.3, -0.25) is 9.59 Å². The zero-order chi connectivity index (χ0) is 20.3. The summed E-state index contributed by atoms with van der Waals surface area (Å²) in [5, 5.41) is 9.21. The van der Waals surface area contributed by atoms with Crippen molar-refractivity contribution in [3.8, 4) is 0 Å². The molecular formula is C21H24N2O5. The Balaban J connectivity index is 1.63. The zero-order valence-electron chi connectivity index (χ0n) is 16.1. The van der Waals surface area contributed by atoms with Crippen LogP contribution in [0.3, 0.4) is 0 Å². The number of carboxylic acids is 1. The molecule has 0 spiro atoms. The maximum Gasteiger partial charge on any atom is 0.339 e. The summed E-state index contributed by atoms with van der Waals surface area (Å²) in [5.74, 6) is -1.18. The number of benzene rings is 1. The van der Waals surface area contributed by atoms with Crippen LogP contribution in [0.2, 0.25) is 0 Å². The summed E-state index contributed by atoms with van der Waals surface area (Å²) in [6.07, 6.45) is 1.32. The van der Waals surface area contributed by atoms with E-state index >= 15 is 0 Å². The van der Waals surface area contributed by atoms with Crippen molar-refractivity contribution in [2.24, 2.45) is 0 Å². The van der Waals surface area contributed by atoms with Crippen LogP contribution in [0.1, 0.15) is 56.4 Å². The molecule has 1 aliphatic heterocycles. The number of nitrogens with zero attached hydrogens (tertiary/aromatic N) is 2. The van der Waals surface area contributed by atoms with Gasteiger partial charge in [0.25, 0.3) is 11.8 Å². The standard InChI is InChI=1S/C21H24N2O5/c1-3-14-5-7-15(8-6-14)19(24)22-9-11-23(12-10-22)20(25)18-13-16(21(26)27)17(4-2)28-18/h5-8,13H,3-4,9-12H2,1-2H3,(H,26,27). The van der Waals surface area contributed by atoms with E-state index in [0.717, 1.165) is 6.42 Å². The Labute approximate surface area is 163 Å². The average molecular weight is 384 g/mol. The number of carboxylic acid groups (broad SMARTS) is 1. The average Bonchev–Trinajstić information content (AvgIpc) is 3.18. The number of aromatic carboxylic acids is 1. The summed E-state index contributed by atoms with van der Waals surface area (Å²) in [5.41, 5.74) is 1.84. The van der Waals surface area contributed by atoms with E-state index in [1.807, 2.05) is 24.3 Å². The number of hydrogen-bond donors (Lipinski definition) is 1. The number of amides is 2. The fraction of sp³-hybridized carbons (Fsp3) is 0.381. The molecule has 0 unspecified atom stereocenters. The molecule has 0 radical (unpaired) electrons. The minimum Gasteiger partial charge on any atom is -0.478 e. The summed E-state index contributed by atoms with van der Waals surface area (Å²) in [6, 6.07) is 8.86. The number of piperazine rings is 1. The van der Waals surface area contributed by atoms with Crippen LogP contribution in [0.4, 0.5) is 0 Å². The smallest absolute Gasteiger partial charge is 0.339 e. The van der Waals surface area contributed by atoms with Crippen molar-refractivity contribution in [2.75, 3.05) is 26.2 Å². The van der Waals surface area contributed by atoms with Crippen LogP contribution >= 0.6 is 0 Å². The van der Waals surface area contributed by atoms with Gasteiger partial charge in [-0.2, -0.15) is 0 Å². The number of rotatable bonds is 5. The molecule has 28 heavy (non-hydrogen) atoms. The summed E-state index contributed by atoms with van der Waals surface area (Å²) < 4.78 is 5.45. The number of hydrogen-bond acceptors (Lipinski definition) is 4. The third-order valence-electron chi connectivity index (χ3n) is 5.03. The molecule has 1 aliphatic rings. The van der Waals surface area contributed by atoms with Crippen molar-refractivity contribution in [1.29, 1.82) is 0 Å². The van der Waals surface area contributed by atoms with Crippen LogP contribution < -0.4 is 0 Å². The first-order valence-corrected chi connectivity index (χ1v) is 9.48. The first kappa shape index (κ1) is 19.7. The molecule has 1 aromatic carbocycles. The van der Waals surface area contributed by atoms with E-state index in [1.54, 1.807) is 16.7 Å². The summed E-state index contributed by atoms with van der Waals surface area (Å²) in [4.78, 5) is 39.9. The number of carbonyl (C=O) groups is 3. The second-order valence-electron chi connectivity index (χ2n) is 6.74. The van der Waals surface area contributed by atoms with Crippen molar-refractivity contribution in [3.63, 3.8) is 0 Å². The predicted molar refractivity (Wildman–Crippen MR) is 103 cm³/mol. The van der Waals surface area contributed by atoms with Crippen LogP contribution in [-0.2, 0) is 12.8 Å². The van der Waals surface area contributed by atoms with E-state index in [-0.39, 0.29) is 23.1 Å². The van der Waals surface area contributed by atoms with Crippen molar-refractivity contribution >= 4 is 17.8 Å². The van der Waals surface area contributed by atoms with Gasteiger partial charge in [-0.1, -0.05) is 26.0 Å². The molecule has 1 N–H and O–H groups in total. The highest BCUT2D eigenvalue weighted by Gasteiger charge is 2.28. The molecule has 0 bridgehead atoms. The van der Waals surface area contributed by atoms with E-state index in [1.165, 1.54) is 11.6 Å². The van der Waals surface area contributed by atoms with Crippen molar-refractivity contribution in [2.45, 2.75) is 26.7 Å². The van der Waals surface area contributed by atoms with Gasteiger partial charge >= 0.3 is 5.97 Å². The maximum atomic E-state index is 12.7. The Kier molecular flexibility index (Phi) is 5.82. The first-order valence-electron chi connectivity index (χ1n) is 9.48. The number of carbonyl (C=O) groups excluding carboxylic acids is 2. The second kappa shape index (κ2) is 8.29. The minimum atomic E-state index is -1.11. The van der Waals surface area contributed by atoms with Gasteiger partial charge in [0.05, 0.1) is 0 Å². The topological polar surface area (TPSA) is 91.1 Å². The van der Waals surface area contributed by atoms with Gasteiger partial charge in [-0.25, -0.2) is 4.79 Å². The lowest BCUT2D eigenvalue weighted by Gasteiger charge is -2.34. The van der Waals surface area contributed by atoms with Gasteiger partial charge in [0.1, 0.15) is 11.3 Å². The van der Waals surface area contributed by atoms with Gasteiger partial charge in [0.2, 0.25) is 0 Å². The molecule has 2 aromatic rings. The summed E-state index contributed by atoms with van der Waals surface area (Å²) >= 11 is 0. The first-order chi connectivity index (χ1) is 13.4. The van der Waals surface area contributed by atoms with Crippen LogP contribution in [0, 0.1) is 0 Å². The molecule has 7 heteroatoms. The lowest BCUT2D eigenvalue weighted by molar-refractivity contribution is 0.0517. The number of furan rings is 1. The maximum absolute atomic E-state index is 12.7. The van der Waals surface area contributed by atoms with E-state index in [0.29, 0.717) is 43.9 Å². The third kappa shape index (κ3) is 3.93. The molecule has 2 heterocycles. The highest BCUT2D eigenvalue weighted by atomic mass is 16.4. The third-order valence-corrected chi connectivity index (χ3v) is 5.03. The zero-order valence-corrected chi connectivity index (χ0v) is 16.1. The molecule has 3 rings (SSSR count). The van der Waals surface area contributed by atoms with Crippen molar-refractivity contribution in [3.05, 3.63) is 58.5 Å².